The molecule has 0 atom stereocenters. The van der Waals surface area contributed by atoms with E-state index in [4.69, 9.17) is 4.74 Å². The molecule has 1 fully saturated rings. The van der Waals surface area contributed by atoms with Gasteiger partial charge in [-0.2, -0.15) is 0 Å². The van der Waals surface area contributed by atoms with Crippen LogP contribution in [-0.4, -0.2) is 32.2 Å². The molecule has 5 heteroatoms. The number of ether oxygens (including phenoxy) is 1. The zero-order valence-electron chi connectivity index (χ0n) is 13.7. The maximum atomic E-state index is 12.3. The Balaban J connectivity index is 1.61. The largest absolute Gasteiger partial charge is 0.381 e. The third kappa shape index (κ3) is 4.16. The number of methoxy groups -OCH3 is 1. The van der Waals surface area contributed by atoms with E-state index < -0.39 is 0 Å². The molecule has 0 radical (unpaired) electrons. The number of halogens is 1. The van der Waals surface area contributed by atoms with E-state index in [0.717, 1.165) is 36.1 Å². The minimum Gasteiger partial charge on any atom is -0.381 e. The maximum Gasteiger partial charge on any atom is 0.255 e. The molecule has 1 aliphatic rings. The van der Waals surface area contributed by atoms with Crippen LogP contribution >= 0.6 is 15.9 Å². The number of carbonyl (C=O) groups excluding carboxylic acids is 1. The predicted molar refractivity (Wildman–Crippen MR) is 101 cm³/mol. The summed E-state index contributed by atoms with van der Waals surface area (Å²) in [7, 11) is 1.78. The van der Waals surface area contributed by atoms with Crippen LogP contribution in [0, 0.1) is 0 Å². The Morgan fingerprint density at radius 3 is 2.50 bits per heavy atom. The van der Waals surface area contributed by atoms with Crippen molar-refractivity contribution in [1.82, 2.24) is 0 Å². The van der Waals surface area contributed by atoms with E-state index in [0.29, 0.717) is 11.7 Å². The molecule has 0 aromatic heterocycles. The summed E-state index contributed by atoms with van der Waals surface area (Å²) < 4.78 is 6.30. The van der Waals surface area contributed by atoms with Crippen molar-refractivity contribution in [3.05, 3.63) is 58.6 Å². The summed E-state index contributed by atoms with van der Waals surface area (Å²) in [6, 6.07) is 15.4. The van der Waals surface area contributed by atoms with Crippen LogP contribution in [0.2, 0.25) is 0 Å². The van der Waals surface area contributed by atoms with Gasteiger partial charge in [0.05, 0.1) is 6.10 Å². The van der Waals surface area contributed by atoms with Crippen molar-refractivity contribution < 1.29 is 9.53 Å². The summed E-state index contributed by atoms with van der Waals surface area (Å²) in [5.41, 5.74) is 2.62. The molecule has 2 aromatic rings. The summed E-state index contributed by atoms with van der Waals surface area (Å²) in [5.74, 6) is -0.107. The third-order valence-corrected chi connectivity index (χ3v) is 4.85. The Morgan fingerprint density at radius 1 is 1.17 bits per heavy atom. The number of nitrogens with zero attached hydrogens (tertiary/aromatic N) is 1. The van der Waals surface area contributed by atoms with Crippen LogP contribution < -0.4 is 10.2 Å². The quantitative estimate of drug-likeness (QED) is 0.847. The van der Waals surface area contributed by atoms with Crippen LogP contribution in [0.5, 0.6) is 0 Å². The summed E-state index contributed by atoms with van der Waals surface area (Å²) in [6.07, 6.45) is 2.49. The van der Waals surface area contributed by atoms with E-state index in [2.05, 4.69) is 38.3 Å². The number of amides is 1. The summed E-state index contributed by atoms with van der Waals surface area (Å²) in [4.78, 5) is 14.6. The van der Waals surface area contributed by atoms with Crippen molar-refractivity contribution in [3.8, 4) is 0 Å². The molecule has 126 valence electrons. The van der Waals surface area contributed by atoms with Crippen LogP contribution in [0.4, 0.5) is 11.4 Å². The first kappa shape index (κ1) is 17.0. The normalized spacial score (nSPS) is 15.3. The fraction of sp³-hybridized carbons (Fsp3) is 0.316. The van der Waals surface area contributed by atoms with Gasteiger partial charge in [-0.3, -0.25) is 4.79 Å². The lowest BCUT2D eigenvalue weighted by Crippen LogP contribution is -2.36. The second-order valence-corrected chi connectivity index (χ2v) is 6.85. The molecule has 0 aliphatic carbocycles. The monoisotopic (exact) mass is 388 g/mol. The van der Waals surface area contributed by atoms with Crippen LogP contribution in [0.25, 0.3) is 0 Å². The first-order valence-electron chi connectivity index (χ1n) is 8.10. The summed E-state index contributed by atoms with van der Waals surface area (Å²) in [5, 5.41) is 2.93. The number of benzene rings is 2. The van der Waals surface area contributed by atoms with Gasteiger partial charge in [0.1, 0.15) is 0 Å². The standard InChI is InChI=1S/C19H21BrN2O2/c1-24-18-9-11-22(12-10-18)17-7-5-16(6-8-17)21-19(23)14-3-2-4-15(20)13-14/h2-8,13,18H,9-12H2,1H3,(H,21,23). The van der Waals surface area contributed by atoms with Gasteiger partial charge in [0.2, 0.25) is 0 Å². The van der Waals surface area contributed by atoms with E-state index in [1.165, 1.54) is 5.69 Å². The van der Waals surface area contributed by atoms with Crippen molar-refractivity contribution in [1.29, 1.82) is 0 Å². The predicted octanol–water partition coefficient (Wildman–Crippen LogP) is 4.32. The first-order valence-corrected chi connectivity index (χ1v) is 8.90. The van der Waals surface area contributed by atoms with Crippen LogP contribution in [0.15, 0.2) is 53.0 Å². The molecule has 0 unspecified atom stereocenters. The highest BCUT2D eigenvalue weighted by molar-refractivity contribution is 9.10. The van der Waals surface area contributed by atoms with E-state index in [1.807, 2.05) is 30.3 Å². The maximum absolute atomic E-state index is 12.3. The Labute approximate surface area is 150 Å². The van der Waals surface area contributed by atoms with Crippen LogP contribution in [0.3, 0.4) is 0 Å². The smallest absolute Gasteiger partial charge is 0.255 e. The Morgan fingerprint density at radius 2 is 1.88 bits per heavy atom. The molecule has 0 bridgehead atoms. The molecule has 1 aliphatic heterocycles. The van der Waals surface area contributed by atoms with Gasteiger partial charge in [-0.05, 0) is 55.3 Å². The lowest BCUT2D eigenvalue weighted by Gasteiger charge is -2.33. The van der Waals surface area contributed by atoms with E-state index in [1.54, 1.807) is 13.2 Å². The number of hydrogen-bond acceptors (Lipinski definition) is 3. The van der Waals surface area contributed by atoms with Gasteiger partial charge in [-0.25, -0.2) is 0 Å². The number of anilines is 2. The Bertz CT molecular complexity index is 695. The van der Waals surface area contributed by atoms with Crippen molar-refractivity contribution in [2.24, 2.45) is 0 Å². The van der Waals surface area contributed by atoms with Crippen molar-refractivity contribution in [3.63, 3.8) is 0 Å². The molecule has 0 saturated carbocycles. The van der Waals surface area contributed by atoms with Gasteiger partial charge in [0.15, 0.2) is 0 Å². The number of piperidine rings is 1. The fourth-order valence-electron chi connectivity index (χ4n) is 2.94. The molecular weight excluding hydrogens is 368 g/mol. The average molecular weight is 389 g/mol. The van der Waals surface area contributed by atoms with Crippen LogP contribution in [0.1, 0.15) is 23.2 Å². The van der Waals surface area contributed by atoms with Gasteiger partial charge in [-0.15, -0.1) is 0 Å². The number of hydrogen-bond donors (Lipinski definition) is 1. The highest BCUT2D eigenvalue weighted by Crippen LogP contribution is 2.23. The van der Waals surface area contributed by atoms with Gasteiger partial charge in [-0.1, -0.05) is 22.0 Å². The molecule has 0 spiro atoms. The number of rotatable bonds is 4. The highest BCUT2D eigenvalue weighted by atomic mass is 79.9. The zero-order chi connectivity index (χ0) is 16.9. The fourth-order valence-corrected chi connectivity index (χ4v) is 3.34. The third-order valence-electron chi connectivity index (χ3n) is 4.35. The number of nitrogens with one attached hydrogen (secondary N) is 1. The van der Waals surface area contributed by atoms with Gasteiger partial charge in [0, 0.05) is 41.6 Å². The topological polar surface area (TPSA) is 41.6 Å². The second-order valence-electron chi connectivity index (χ2n) is 5.93. The molecule has 24 heavy (non-hydrogen) atoms. The van der Waals surface area contributed by atoms with Gasteiger partial charge < -0.3 is 15.0 Å². The molecule has 4 nitrogen and oxygen atoms in total. The molecule has 2 aromatic carbocycles. The molecule has 1 amide bonds. The molecule has 1 N–H and O–H groups in total. The zero-order valence-corrected chi connectivity index (χ0v) is 15.3. The molecule has 1 heterocycles. The number of carbonyl (C=O) groups is 1. The van der Waals surface area contributed by atoms with E-state index in [9.17, 15) is 4.79 Å². The van der Waals surface area contributed by atoms with E-state index >= 15 is 0 Å². The van der Waals surface area contributed by atoms with Gasteiger partial charge in [0.25, 0.3) is 5.91 Å². The Hall–Kier alpha value is -1.85. The average Bonchev–Trinajstić information content (AvgIpc) is 2.62. The van der Waals surface area contributed by atoms with Gasteiger partial charge >= 0.3 is 0 Å². The van der Waals surface area contributed by atoms with E-state index in [-0.39, 0.29) is 5.91 Å². The highest BCUT2D eigenvalue weighted by Gasteiger charge is 2.18. The first-order chi connectivity index (χ1) is 11.7. The van der Waals surface area contributed by atoms with Crippen molar-refractivity contribution in [2.75, 3.05) is 30.4 Å². The van der Waals surface area contributed by atoms with Crippen molar-refractivity contribution >= 4 is 33.2 Å². The summed E-state index contributed by atoms with van der Waals surface area (Å²) >= 11 is 3.38. The Kier molecular flexibility index (Phi) is 5.53. The minimum absolute atomic E-state index is 0.107. The van der Waals surface area contributed by atoms with Crippen molar-refractivity contribution in [2.45, 2.75) is 18.9 Å². The molecular formula is C19H21BrN2O2. The summed E-state index contributed by atoms with van der Waals surface area (Å²) in [6.45, 7) is 2.00. The van der Waals surface area contributed by atoms with Crippen LogP contribution in [-0.2, 0) is 4.74 Å². The lowest BCUT2D eigenvalue weighted by atomic mass is 10.1. The lowest BCUT2D eigenvalue weighted by molar-refractivity contribution is 0.0819. The minimum atomic E-state index is -0.107. The SMILES string of the molecule is COC1CCN(c2ccc(NC(=O)c3cccc(Br)c3)cc2)CC1. The molecule has 3 rings (SSSR count). The second kappa shape index (κ2) is 7.81. The molecule has 1 saturated heterocycles.